The van der Waals surface area contributed by atoms with Crippen LogP contribution in [0.25, 0.3) is 0 Å². The van der Waals surface area contributed by atoms with Crippen LogP contribution in [-0.2, 0) is 11.3 Å². The van der Waals surface area contributed by atoms with Crippen molar-refractivity contribution in [3.8, 4) is 5.88 Å². The predicted octanol–water partition coefficient (Wildman–Crippen LogP) is 2.45. The van der Waals surface area contributed by atoms with Crippen LogP contribution in [0.4, 0.5) is 5.82 Å². The van der Waals surface area contributed by atoms with E-state index in [0.717, 1.165) is 60.9 Å². The Bertz CT molecular complexity index is 785. The van der Waals surface area contributed by atoms with E-state index in [1.807, 2.05) is 24.5 Å². The van der Waals surface area contributed by atoms with Gasteiger partial charge in [0.15, 0.2) is 0 Å². The smallest absolute Gasteiger partial charge is 0.213 e. The zero-order chi connectivity index (χ0) is 17.1. The number of rotatable bonds is 5. The third kappa shape index (κ3) is 3.35. The number of anilines is 1. The summed E-state index contributed by atoms with van der Waals surface area (Å²) >= 11 is 0. The lowest BCUT2D eigenvalue weighted by Crippen LogP contribution is -2.36. The van der Waals surface area contributed by atoms with Crippen molar-refractivity contribution >= 4 is 11.5 Å². The van der Waals surface area contributed by atoms with E-state index < -0.39 is 0 Å². The summed E-state index contributed by atoms with van der Waals surface area (Å²) < 4.78 is 11.1. The lowest BCUT2D eigenvalue weighted by atomic mass is 10.0. The molecule has 4 rings (SSSR count). The molecular weight excluding hydrogens is 316 g/mol. The van der Waals surface area contributed by atoms with Crippen LogP contribution in [0.15, 0.2) is 35.6 Å². The van der Waals surface area contributed by atoms with E-state index in [0.29, 0.717) is 19.0 Å². The molecule has 0 aliphatic carbocycles. The maximum atomic E-state index is 5.68. The third-order valence-corrected chi connectivity index (χ3v) is 4.43. The van der Waals surface area contributed by atoms with E-state index in [1.54, 1.807) is 0 Å². The van der Waals surface area contributed by atoms with Crippen molar-refractivity contribution in [2.75, 3.05) is 37.8 Å². The molecule has 4 heterocycles. The number of ether oxygens (including phenoxy) is 2. The fourth-order valence-electron chi connectivity index (χ4n) is 3.12. The number of nitrogens with zero attached hydrogens (tertiary/aromatic N) is 4. The van der Waals surface area contributed by atoms with Crippen LogP contribution in [0.3, 0.4) is 0 Å². The molecule has 2 aliphatic heterocycles. The highest BCUT2D eigenvalue weighted by atomic mass is 16.5. The Balaban J connectivity index is 1.61. The van der Waals surface area contributed by atoms with Crippen LogP contribution in [0.5, 0.6) is 5.88 Å². The summed E-state index contributed by atoms with van der Waals surface area (Å²) in [6.45, 7) is 6.68. The second-order valence-corrected chi connectivity index (χ2v) is 6.20. The van der Waals surface area contributed by atoms with Crippen molar-refractivity contribution in [1.29, 1.82) is 0 Å². The number of hydrogen-bond acceptors (Lipinski definition) is 6. The fraction of sp³-hybridized carbons (Fsp3) is 0.421. The molecule has 2 aromatic rings. The van der Waals surface area contributed by atoms with Crippen molar-refractivity contribution in [2.45, 2.75) is 19.9 Å². The first-order valence-corrected chi connectivity index (χ1v) is 8.81. The maximum Gasteiger partial charge on any atom is 0.213 e. The first-order chi connectivity index (χ1) is 12.3. The number of fused-ring (bicyclic) bond motifs is 1. The van der Waals surface area contributed by atoms with Gasteiger partial charge in [-0.3, -0.25) is 4.99 Å². The molecule has 1 fully saturated rings. The normalized spacial score (nSPS) is 16.5. The first-order valence-electron chi connectivity index (χ1n) is 8.81. The molecule has 6 nitrogen and oxygen atoms in total. The zero-order valence-corrected chi connectivity index (χ0v) is 14.4. The van der Waals surface area contributed by atoms with Gasteiger partial charge in [0.1, 0.15) is 5.82 Å². The van der Waals surface area contributed by atoms with Gasteiger partial charge in [-0.25, -0.2) is 9.97 Å². The average Bonchev–Trinajstić information content (AvgIpc) is 3.10. The second-order valence-electron chi connectivity index (χ2n) is 6.20. The summed E-state index contributed by atoms with van der Waals surface area (Å²) in [5, 5.41) is 0. The van der Waals surface area contributed by atoms with E-state index in [4.69, 9.17) is 14.5 Å². The Morgan fingerprint density at radius 3 is 2.92 bits per heavy atom. The van der Waals surface area contributed by atoms with Crippen molar-refractivity contribution in [3.05, 3.63) is 47.3 Å². The van der Waals surface area contributed by atoms with Crippen molar-refractivity contribution in [2.24, 2.45) is 4.99 Å². The highest BCUT2D eigenvalue weighted by Crippen LogP contribution is 2.26. The Morgan fingerprint density at radius 1 is 1.20 bits per heavy atom. The van der Waals surface area contributed by atoms with E-state index in [2.05, 4.69) is 27.9 Å². The van der Waals surface area contributed by atoms with Crippen molar-refractivity contribution in [3.63, 3.8) is 0 Å². The molecule has 0 radical (unpaired) electrons. The van der Waals surface area contributed by atoms with Crippen LogP contribution in [0, 0.1) is 0 Å². The molecular formula is C19H22N4O2. The van der Waals surface area contributed by atoms with E-state index in [9.17, 15) is 0 Å². The minimum absolute atomic E-state index is 0.664. The summed E-state index contributed by atoms with van der Waals surface area (Å²) in [5.41, 5.74) is 4.34. The van der Waals surface area contributed by atoms with Crippen LogP contribution in [0.2, 0.25) is 0 Å². The Kier molecular flexibility index (Phi) is 4.61. The molecule has 2 aliphatic rings. The lowest BCUT2D eigenvalue weighted by Gasteiger charge is -2.28. The Morgan fingerprint density at radius 2 is 2.08 bits per heavy atom. The summed E-state index contributed by atoms with van der Waals surface area (Å²) in [6.07, 6.45) is 4.70. The molecule has 0 bridgehead atoms. The van der Waals surface area contributed by atoms with Crippen LogP contribution >= 0.6 is 0 Å². The average molecular weight is 338 g/mol. The van der Waals surface area contributed by atoms with Gasteiger partial charge in [-0.2, -0.15) is 0 Å². The summed E-state index contributed by atoms with van der Waals surface area (Å²) in [4.78, 5) is 15.9. The predicted molar refractivity (Wildman–Crippen MR) is 96.6 cm³/mol. The van der Waals surface area contributed by atoms with Gasteiger partial charge in [-0.1, -0.05) is 6.92 Å². The monoisotopic (exact) mass is 338 g/mol. The standard InChI is InChI=1S/C19H22N4O2/c1-2-7-25-18-11-16-15(12-21-18)13-22-19(16)14-3-4-20-17(10-14)23-5-8-24-9-6-23/h3-4,10-12H,2,5-9,13H2,1H3. The summed E-state index contributed by atoms with van der Waals surface area (Å²) in [7, 11) is 0. The second kappa shape index (κ2) is 7.19. The Hall–Kier alpha value is -2.47. The number of aliphatic imine (C=N–C) groups is 1. The van der Waals surface area contributed by atoms with Gasteiger partial charge in [0.25, 0.3) is 0 Å². The maximum absolute atomic E-state index is 5.68. The topological polar surface area (TPSA) is 59.8 Å². The molecule has 0 amide bonds. The number of morpholine rings is 1. The number of pyridine rings is 2. The highest BCUT2D eigenvalue weighted by molar-refractivity contribution is 6.15. The Labute approximate surface area is 147 Å². The molecule has 0 N–H and O–H groups in total. The van der Waals surface area contributed by atoms with Gasteiger partial charge in [0.05, 0.1) is 32.1 Å². The lowest BCUT2D eigenvalue weighted by molar-refractivity contribution is 0.122. The fourth-order valence-corrected chi connectivity index (χ4v) is 3.12. The first kappa shape index (κ1) is 16.0. The molecule has 1 saturated heterocycles. The number of aromatic nitrogens is 2. The minimum atomic E-state index is 0.664. The molecule has 25 heavy (non-hydrogen) atoms. The SMILES string of the molecule is CCCOc1cc2c(cn1)CN=C2c1ccnc(N2CCOCC2)c1. The van der Waals surface area contributed by atoms with E-state index in [-0.39, 0.29) is 0 Å². The zero-order valence-electron chi connectivity index (χ0n) is 14.4. The highest BCUT2D eigenvalue weighted by Gasteiger charge is 2.21. The molecule has 130 valence electrons. The van der Waals surface area contributed by atoms with Gasteiger partial charge >= 0.3 is 0 Å². The van der Waals surface area contributed by atoms with Crippen LogP contribution < -0.4 is 9.64 Å². The molecule has 0 atom stereocenters. The number of hydrogen-bond donors (Lipinski definition) is 0. The van der Waals surface area contributed by atoms with E-state index >= 15 is 0 Å². The quantitative estimate of drug-likeness (QED) is 0.838. The minimum Gasteiger partial charge on any atom is -0.478 e. The van der Waals surface area contributed by atoms with Gasteiger partial charge in [-0.05, 0) is 18.6 Å². The van der Waals surface area contributed by atoms with Crippen LogP contribution in [0.1, 0.15) is 30.0 Å². The van der Waals surface area contributed by atoms with Gasteiger partial charge in [0, 0.05) is 48.2 Å². The summed E-state index contributed by atoms with van der Waals surface area (Å²) in [5.74, 6) is 1.64. The molecule has 0 spiro atoms. The third-order valence-electron chi connectivity index (χ3n) is 4.43. The van der Waals surface area contributed by atoms with E-state index in [1.165, 1.54) is 0 Å². The van der Waals surface area contributed by atoms with Gasteiger partial charge in [-0.15, -0.1) is 0 Å². The molecule has 2 aromatic heterocycles. The molecule has 6 heteroatoms. The van der Waals surface area contributed by atoms with Gasteiger partial charge in [0.2, 0.25) is 5.88 Å². The van der Waals surface area contributed by atoms with Crippen molar-refractivity contribution < 1.29 is 9.47 Å². The van der Waals surface area contributed by atoms with Crippen molar-refractivity contribution in [1.82, 2.24) is 9.97 Å². The van der Waals surface area contributed by atoms with Crippen LogP contribution in [-0.4, -0.2) is 48.6 Å². The summed E-state index contributed by atoms with van der Waals surface area (Å²) in [6, 6.07) is 6.14. The largest absolute Gasteiger partial charge is 0.478 e. The molecule has 0 unspecified atom stereocenters. The molecule has 0 aromatic carbocycles. The van der Waals surface area contributed by atoms with Gasteiger partial charge < -0.3 is 14.4 Å². The molecule has 0 saturated carbocycles.